The molecule has 1 heteroatoms. The van der Waals surface area contributed by atoms with E-state index in [9.17, 15) is 0 Å². The normalized spacial score (nSPS) is 18.9. The number of rotatable bonds is 6. The van der Waals surface area contributed by atoms with Crippen molar-refractivity contribution in [3.8, 4) is 0 Å². The summed E-state index contributed by atoms with van der Waals surface area (Å²) in [4.78, 5) is 0. The Bertz CT molecular complexity index is 233. The van der Waals surface area contributed by atoms with Gasteiger partial charge in [0.05, 0.1) is 0 Å². The van der Waals surface area contributed by atoms with Crippen LogP contribution in [0.5, 0.6) is 0 Å². The van der Waals surface area contributed by atoms with Gasteiger partial charge in [-0.3, -0.25) is 0 Å². The summed E-state index contributed by atoms with van der Waals surface area (Å²) in [5.74, 6) is 0. The number of hydrogen-bond donors (Lipinski definition) is 0. The van der Waals surface area contributed by atoms with Crippen LogP contribution in [0.15, 0.2) is 19.3 Å². The zero-order chi connectivity index (χ0) is 11.3. The van der Waals surface area contributed by atoms with E-state index in [1.165, 1.54) is 25.7 Å². The Morgan fingerprint density at radius 2 is 1.27 bits per heavy atom. The van der Waals surface area contributed by atoms with Gasteiger partial charge in [-0.05, 0) is 0 Å². The van der Waals surface area contributed by atoms with Gasteiger partial charge in [0.25, 0.3) is 0 Å². The molecule has 0 amide bonds. The molecule has 0 unspecified atom stereocenters. The monoisotopic (exact) mass is 314 g/mol. The average Bonchev–Trinajstić information content (AvgIpc) is 2.51. The average molecular weight is 313 g/mol. The fourth-order valence-corrected chi connectivity index (χ4v) is 17.5. The first-order chi connectivity index (χ1) is 7.17. The van der Waals surface area contributed by atoms with E-state index >= 15 is 0 Å². The number of unbranched alkanes of at least 4 members (excludes halogenated alkanes) is 2. The second kappa shape index (κ2) is 6.12. The van der Waals surface area contributed by atoms with Crippen molar-refractivity contribution in [1.29, 1.82) is 0 Å². The summed E-state index contributed by atoms with van der Waals surface area (Å²) in [7, 11) is 0. The Hall–Kier alpha value is 0.279. The third-order valence-corrected chi connectivity index (χ3v) is 20.5. The maximum atomic E-state index is 2.43. The zero-order valence-electron chi connectivity index (χ0n) is 10.9. The van der Waals surface area contributed by atoms with Gasteiger partial charge in [0.15, 0.2) is 0 Å². The summed E-state index contributed by atoms with van der Waals surface area (Å²) < 4.78 is 6.75. The van der Waals surface area contributed by atoms with Crippen LogP contribution in [0.1, 0.15) is 53.4 Å². The molecule has 0 saturated heterocycles. The molecule has 0 atom stereocenters. The van der Waals surface area contributed by atoms with Crippen molar-refractivity contribution in [1.82, 2.24) is 0 Å². The molecule has 1 heterocycles. The Labute approximate surface area is 99.7 Å². The predicted octanol–water partition coefficient (Wildman–Crippen LogP) is 5.02. The molecule has 0 bridgehead atoms. The standard InChI is InChI=1S/C6H8.2C4H9.Sn/c1-3-5-6-4-2;2*1-3-4-2;/h5-6H,1-2H3;2*1,3-4H2,2H3;. The van der Waals surface area contributed by atoms with E-state index in [-0.39, 0.29) is 0 Å². The molecule has 1 aliphatic rings. The Morgan fingerprint density at radius 3 is 1.60 bits per heavy atom. The molecule has 0 nitrogen and oxygen atoms in total. The van der Waals surface area contributed by atoms with E-state index in [0.29, 0.717) is 0 Å². The second-order valence-electron chi connectivity index (χ2n) is 4.99. The first kappa shape index (κ1) is 13.3. The molecule has 0 spiro atoms. The summed E-state index contributed by atoms with van der Waals surface area (Å²) in [5, 5.41) is 0. The van der Waals surface area contributed by atoms with Crippen LogP contribution in [0, 0.1) is 0 Å². The van der Waals surface area contributed by atoms with Crippen LogP contribution < -0.4 is 0 Å². The first-order valence-corrected chi connectivity index (χ1v) is 13.4. The molecule has 1 aliphatic heterocycles. The minimum atomic E-state index is -1.98. The second-order valence-corrected chi connectivity index (χ2v) is 18.5. The SMILES string of the molecule is CCC[CH2][Sn]1([CH2]CCC)[C](C)=CC=[C]1C. The van der Waals surface area contributed by atoms with Crippen molar-refractivity contribution in [3.05, 3.63) is 19.3 Å². The van der Waals surface area contributed by atoms with Gasteiger partial charge in [-0.1, -0.05) is 0 Å². The minimum absolute atomic E-state index is 1.37. The van der Waals surface area contributed by atoms with Crippen molar-refractivity contribution in [2.45, 2.75) is 62.3 Å². The summed E-state index contributed by atoms with van der Waals surface area (Å²) in [6.45, 7) is 9.47. The van der Waals surface area contributed by atoms with Gasteiger partial charge in [0.1, 0.15) is 0 Å². The molecular formula is C14H26Sn. The molecule has 0 aromatic carbocycles. The fourth-order valence-electron chi connectivity index (χ4n) is 2.75. The van der Waals surface area contributed by atoms with Crippen molar-refractivity contribution in [3.63, 3.8) is 0 Å². The van der Waals surface area contributed by atoms with Crippen LogP contribution in [0.4, 0.5) is 0 Å². The van der Waals surface area contributed by atoms with Crippen molar-refractivity contribution in [2.75, 3.05) is 0 Å². The molecule has 0 fully saturated rings. The maximum absolute atomic E-state index is 2.43. The summed E-state index contributed by atoms with van der Waals surface area (Å²) in [6.07, 6.45) is 10.5. The summed E-state index contributed by atoms with van der Waals surface area (Å²) >= 11 is -1.98. The Kier molecular flexibility index (Phi) is 5.45. The van der Waals surface area contributed by atoms with Gasteiger partial charge in [-0.15, -0.1) is 0 Å². The van der Waals surface area contributed by atoms with E-state index in [2.05, 4.69) is 39.8 Å². The quantitative estimate of drug-likeness (QED) is 0.604. The van der Waals surface area contributed by atoms with Crippen LogP contribution in [0.3, 0.4) is 0 Å². The van der Waals surface area contributed by atoms with E-state index in [1.807, 2.05) is 7.18 Å². The Morgan fingerprint density at radius 1 is 0.867 bits per heavy atom. The van der Waals surface area contributed by atoms with Gasteiger partial charge in [0.2, 0.25) is 0 Å². The molecule has 86 valence electrons. The molecular weight excluding hydrogens is 287 g/mol. The first-order valence-electron chi connectivity index (χ1n) is 6.53. The van der Waals surface area contributed by atoms with E-state index in [0.717, 1.165) is 0 Å². The van der Waals surface area contributed by atoms with Crippen LogP contribution in [-0.4, -0.2) is 18.4 Å². The molecule has 0 radical (unpaired) electrons. The van der Waals surface area contributed by atoms with Crippen molar-refractivity contribution in [2.24, 2.45) is 0 Å². The molecule has 0 N–H and O–H groups in total. The molecule has 0 aliphatic carbocycles. The van der Waals surface area contributed by atoms with E-state index in [4.69, 9.17) is 0 Å². The van der Waals surface area contributed by atoms with Gasteiger partial charge in [-0.25, -0.2) is 0 Å². The third kappa shape index (κ3) is 2.89. The molecule has 0 aromatic heterocycles. The number of allylic oxidation sites excluding steroid dienone is 4. The molecule has 0 aromatic rings. The van der Waals surface area contributed by atoms with Crippen molar-refractivity contribution >= 4 is 18.4 Å². The topological polar surface area (TPSA) is 0 Å². The molecule has 1 rings (SSSR count). The van der Waals surface area contributed by atoms with Gasteiger partial charge < -0.3 is 0 Å². The van der Waals surface area contributed by atoms with Crippen molar-refractivity contribution < 1.29 is 0 Å². The molecule has 0 saturated carbocycles. The van der Waals surface area contributed by atoms with Gasteiger partial charge in [-0.2, -0.15) is 0 Å². The van der Waals surface area contributed by atoms with E-state index < -0.39 is 18.4 Å². The Balaban J connectivity index is 2.76. The predicted molar refractivity (Wildman–Crippen MR) is 72.7 cm³/mol. The van der Waals surface area contributed by atoms with E-state index in [1.54, 1.807) is 8.87 Å². The van der Waals surface area contributed by atoms with Crippen LogP contribution >= 0.6 is 0 Å². The fraction of sp³-hybridized carbons (Fsp3) is 0.714. The molecule has 15 heavy (non-hydrogen) atoms. The van der Waals surface area contributed by atoms with Crippen LogP contribution in [0.25, 0.3) is 0 Å². The summed E-state index contributed by atoms with van der Waals surface area (Å²) in [5.41, 5.74) is 0. The zero-order valence-corrected chi connectivity index (χ0v) is 13.8. The third-order valence-electron chi connectivity index (χ3n) is 4.01. The van der Waals surface area contributed by atoms with Crippen LogP contribution in [-0.2, 0) is 0 Å². The summed E-state index contributed by atoms with van der Waals surface area (Å²) in [6, 6.07) is 0. The number of hydrogen-bond acceptors (Lipinski definition) is 0. The van der Waals surface area contributed by atoms with Crippen LogP contribution in [0.2, 0.25) is 8.87 Å². The van der Waals surface area contributed by atoms with Gasteiger partial charge in [0, 0.05) is 0 Å². The van der Waals surface area contributed by atoms with Gasteiger partial charge >= 0.3 is 100.0 Å².